The maximum absolute atomic E-state index is 6.35. The maximum atomic E-state index is 6.35. The third-order valence-electron chi connectivity index (χ3n) is 5.82. The second kappa shape index (κ2) is 10.0. The highest BCUT2D eigenvalue weighted by Crippen LogP contribution is 2.32. The minimum atomic E-state index is -0.0474. The summed E-state index contributed by atoms with van der Waals surface area (Å²) in [7, 11) is 0. The smallest absolute Gasteiger partial charge is 0.0631 e. The minimum Gasteiger partial charge on any atom is -0.376 e. The van der Waals surface area contributed by atoms with Gasteiger partial charge in [-0.3, -0.25) is 0 Å². The van der Waals surface area contributed by atoms with Crippen molar-refractivity contribution in [3.63, 3.8) is 0 Å². The molecule has 0 amide bonds. The molecule has 0 aromatic heterocycles. The van der Waals surface area contributed by atoms with Crippen LogP contribution >= 0.6 is 0 Å². The summed E-state index contributed by atoms with van der Waals surface area (Å²) in [5.74, 6) is 0. The predicted molar refractivity (Wildman–Crippen MR) is 124 cm³/mol. The van der Waals surface area contributed by atoms with Gasteiger partial charge < -0.3 is 19.1 Å². The number of hydrogen-bond acceptors (Lipinski definition) is 4. The van der Waals surface area contributed by atoms with Gasteiger partial charge in [0, 0.05) is 25.4 Å². The number of nitrogens with zero attached hydrogens (tertiary/aromatic N) is 1. The van der Waals surface area contributed by atoms with Crippen LogP contribution in [0.5, 0.6) is 0 Å². The highest BCUT2D eigenvalue weighted by molar-refractivity contribution is 5.49. The summed E-state index contributed by atoms with van der Waals surface area (Å²) in [4.78, 5) is 2.52. The molecule has 0 N–H and O–H groups in total. The van der Waals surface area contributed by atoms with Crippen LogP contribution in [-0.4, -0.2) is 49.2 Å². The lowest BCUT2D eigenvalue weighted by Gasteiger charge is -2.42. The molecule has 170 valence electrons. The topological polar surface area (TPSA) is 30.9 Å². The summed E-state index contributed by atoms with van der Waals surface area (Å²) in [6, 6.07) is 9.04. The Morgan fingerprint density at radius 3 is 2.23 bits per heavy atom. The molecule has 4 nitrogen and oxygen atoms in total. The third-order valence-corrected chi connectivity index (χ3v) is 5.82. The fourth-order valence-corrected chi connectivity index (χ4v) is 4.31. The van der Waals surface area contributed by atoms with E-state index in [0.717, 1.165) is 58.2 Å². The second-order valence-corrected chi connectivity index (χ2v) is 11.0. The Bertz CT molecular complexity index is 647. The van der Waals surface area contributed by atoms with Gasteiger partial charge >= 0.3 is 0 Å². The van der Waals surface area contributed by atoms with E-state index in [1.165, 1.54) is 11.3 Å². The van der Waals surface area contributed by atoms with Gasteiger partial charge in [-0.15, -0.1) is 0 Å². The molecular weight excluding hydrogens is 374 g/mol. The number of piperidine rings is 1. The molecule has 0 spiro atoms. The van der Waals surface area contributed by atoms with Gasteiger partial charge in [-0.2, -0.15) is 0 Å². The first-order chi connectivity index (χ1) is 14.1. The van der Waals surface area contributed by atoms with Crippen molar-refractivity contribution in [2.45, 2.75) is 110 Å². The van der Waals surface area contributed by atoms with Crippen molar-refractivity contribution in [2.24, 2.45) is 0 Å². The Balaban J connectivity index is 1.37. The summed E-state index contributed by atoms with van der Waals surface area (Å²) in [5, 5.41) is 0. The summed E-state index contributed by atoms with van der Waals surface area (Å²) in [5.41, 5.74) is 2.66. The van der Waals surface area contributed by atoms with Crippen LogP contribution in [0.25, 0.3) is 0 Å². The first kappa shape index (κ1) is 23.6. The first-order valence-electron chi connectivity index (χ1n) is 11.9. The lowest BCUT2D eigenvalue weighted by molar-refractivity contribution is -0.164. The Hall–Kier alpha value is -1.10. The molecule has 0 radical (unpaired) electrons. The van der Waals surface area contributed by atoms with Crippen LogP contribution in [0.3, 0.4) is 0 Å². The maximum Gasteiger partial charge on any atom is 0.0631 e. The minimum absolute atomic E-state index is 0.0465. The van der Waals surface area contributed by atoms with E-state index in [4.69, 9.17) is 14.2 Å². The van der Waals surface area contributed by atoms with Gasteiger partial charge in [0.15, 0.2) is 0 Å². The zero-order valence-electron chi connectivity index (χ0n) is 20.1. The largest absolute Gasteiger partial charge is 0.376 e. The molecule has 0 atom stereocenters. The summed E-state index contributed by atoms with van der Waals surface area (Å²) in [6.07, 6.45) is 7.66. The van der Waals surface area contributed by atoms with Gasteiger partial charge in [0.1, 0.15) is 0 Å². The molecule has 1 saturated heterocycles. The average molecular weight is 418 g/mol. The van der Waals surface area contributed by atoms with Crippen LogP contribution in [0.2, 0.25) is 0 Å². The quantitative estimate of drug-likeness (QED) is 0.503. The molecule has 1 aromatic carbocycles. The fourth-order valence-electron chi connectivity index (χ4n) is 4.31. The van der Waals surface area contributed by atoms with Crippen molar-refractivity contribution >= 4 is 5.69 Å². The molecular formula is C26H43NO3. The van der Waals surface area contributed by atoms with Crippen molar-refractivity contribution in [1.29, 1.82) is 0 Å². The molecule has 30 heavy (non-hydrogen) atoms. The van der Waals surface area contributed by atoms with E-state index in [9.17, 15) is 0 Å². The Labute approximate surface area is 184 Å². The number of rotatable bonds is 8. The number of ether oxygens (including phenoxy) is 3. The van der Waals surface area contributed by atoms with Crippen molar-refractivity contribution < 1.29 is 14.2 Å². The first-order valence-corrected chi connectivity index (χ1v) is 11.9. The molecule has 1 aliphatic carbocycles. The van der Waals surface area contributed by atoms with Crippen molar-refractivity contribution in [3.05, 3.63) is 29.8 Å². The Kier molecular flexibility index (Phi) is 7.86. The molecule has 3 rings (SSSR count). The number of hydrogen-bond donors (Lipinski definition) is 0. The molecule has 1 heterocycles. The van der Waals surface area contributed by atoms with E-state index in [0.29, 0.717) is 18.3 Å². The molecule has 4 heteroatoms. The van der Waals surface area contributed by atoms with Crippen LogP contribution in [0.4, 0.5) is 5.69 Å². The molecule has 1 aromatic rings. The van der Waals surface area contributed by atoms with Crippen LogP contribution in [0, 0.1) is 0 Å². The van der Waals surface area contributed by atoms with Crippen molar-refractivity contribution in [2.75, 3.05) is 24.6 Å². The standard InChI is InChI=1S/C26H43NO3/c1-25(2,3)28-16-8-10-20-9-7-11-21(17-20)27-14-12-22(13-15-27)29-23-18-24(19-23)30-26(4,5)6/h7,9,11,17,22-24H,8,10,12-16,18-19H2,1-6H3. The van der Waals surface area contributed by atoms with E-state index < -0.39 is 0 Å². The molecule has 1 saturated carbocycles. The van der Waals surface area contributed by atoms with Gasteiger partial charge in [-0.1, -0.05) is 12.1 Å². The molecule has 2 aliphatic rings. The van der Waals surface area contributed by atoms with E-state index in [1.807, 2.05) is 0 Å². The normalized spacial score (nSPS) is 23.5. The average Bonchev–Trinajstić information content (AvgIpc) is 2.63. The summed E-state index contributed by atoms with van der Waals surface area (Å²) < 4.78 is 18.2. The van der Waals surface area contributed by atoms with Crippen LogP contribution in [-0.2, 0) is 20.6 Å². The van der Waals surface area contributed by atoms with Crippen molar-refractivity contribution in [3.8, 4) is 0 Å². The fraction of sp³-hybridized carbons (Fsp3) is 0.769. The monoisotopic (exact) mass is 417 g/mol. The van der Waals surface area contributed by atoms with Gasteiger partial charge in [0.2, 0.25) is 0 Å². The Morgan fingerprint density at radius 2 is 1.60 bits per heavy atom. The van der Waals surface area contributed by atoms with E-state index >= 15 is 0 Å². The number of benzene rings is 1. The molecule has 0 bridgehead atoms. The number of anilines is 1. The van der Waals surface area contributed by atoms with Gasteiger partial charge in [-0.25, -0.2) is 0 Å². The molecule has 1 aliphatic heterocycles. The van der Waals surface area contributed by atoms with Gasteiger partial charge in [-0.05, 0) is 97.8 Å². The lowest BCUT2D eigenvalue weighted by Crippen LogP contribution is -2.45. The second-order valence-electron chi connectivity index (χ2n) is 11.0. The van der Waals surface area contributed by atoms with E-state index in [2.05, 4.69) is 70.7 Å². The molecule has 0 unspecified atom stereocenters. The zero-order valence-corrected chi connectivity index (χ0v) is 20.1. The van der Waals surface area contributed by atoms with E-state index in [1.54, 1.807) is 0 Å². The van der Waals surface area contributed by atoms with Crippen molar-refractivity contribution in [1.82, 2.24) is 0 Å². The van der Waals surface area contributed by atoms with Crippen LogP contribution < -0.4 is 4.90 Å². The van der Waals surface area contributed by atoms with Gasteiger partial charge in [0.05, 0.1) is 29.5 Å². The summed E-state index contributed by atoms with van der Waals surface area (Å²) in [6.45, 7) is 15.7. The van der Waals surface area contributed by atoms with Crippen LogP contribution in [0.15, 0.2) is 24.3 Å². The highest BCUT2D eigenvalue weighted by atomic mass is 16.5. The lowest BCUT2D eigenvalue weighted by atomic mass is 9.90. The van der Waals surface area contributed by atoms with Crippen LogP contribution in [0.1, 0.15) is 79.2 Å². The summed E-state index contributed by atoms with van der Waals surface area (Å²) >= 11 is 0. The zero-order chi connectivity index (χ0) is 21.8. The third kappa shape index (κ3) is 7.86. The highest BCUT2D eigenvalue weighted by Gasteiger charge is 2.35. The molecule has 2 fully saturated rings. The van der Waals surface area contributed by atoms with Gasteiger partial charge in [0.25, 0.3) is 0 Å². The SMILES string of the molecule is CC(C)(C)OCCCc1cccc(N2CCC(OC3CC(OC(C)(C)C)C3)CC2)c1. The Morgan fingerprint density at radius 1 is 0.900 bits per heavy atom. The number of aryl methyl sites for hydroxylation is 1. The van der Waals surface area contributed by atoms with E-state index in [-0.39, 0.29) is 11.2 Å². The predicted octanol–water partition coefficient (Wildman–Crippen LogP) is 5.77.